The molecule has 6 heteroatoms. The summed E-state index contributed by atoms with van der Waals surface area (Å²) in [5.41, 5.74) is 1.92. The number of nitrogens with one attached hydrogen (secondary N) is 2. The van der Waals surface area contributed by atoms with E-state index in [0.29, 0.717) is 11.3 Å². The van der Waals surface area contributed by atoms with Gasteiger partial charge in [0.2, 0.25) is 11.8 Å². The van der Waals surface area contributed by atoms with Gasteiger partial charge < -0.3 is 10.6 Å². The first-order chi connectivity index (χ1) is 11.8. The summed E-state index contributed by atoms with van der Waals surface area (Å²) in [6.07, 6.45) is 2.97. The number of rotatable bonds is 5. The fourth-order valence-electron chi connectivity index (χ4n) is 2.18. The van der Waals surface area contributed by atoms with Crippen LogP contribution in [0.25, 0.3) is 6.08 Å². The average Bonchev–Trinajstić information content (AvgIpc) is 2.56. The summed E-state index contributed by atoms with van der Waals surface area (Å²) >= 11 is 0. The van der Waals surface area contributed by atoms with Crippen LogP contribution in [0.4, 0.5) is 14.5 Å². The van der Waals surface area contributed by atoms with Crippen molar-refractivity contribution in [3.05, 3.63) is 71.3 Å². The summed E-state index contributed by atoms with van der Waals surface area (Å²) < 4.78 is 26.2. The van der Waals surface area contributed by atoms with Gasteiger partial charge in [-0.2, -0.15) is 0 Å². The fourth-order valence-corrected chi connectivity index (χ4v) is 2.18. The summed E-state index contributed by atoms with van der Waals surface area (Å²) in [6, 6.07) is 10.0. The molecular formula is C19H18F2N2O2. The maximum absolute atomic E-state index is 13.2. The summed E-state index contributed by atoms with van der Waals surface area (Å²) in [4.78, 5) is 22.9. The summed E-state index contributed by atoms with van der Waals surface area (Å²) in [7, 11) is 0. The van der Waals surface area contributed by atoms with Crippen LogP contribution in [0.3, 0.4) is 0 Å². The highest BCUT2D eigenvalue weighted by Gasteiger charge is 2.10. The van der Waals surface area contributed by atoms with Crippen molar-refractivity contribution >= 4 is 23.6 Å². The van der Waals surface area contributed by atoms with Crippen molar-refractivity contribution in [2.45, 2.75) is 19.9 Å². The van der Waals surface area contributed by atoms with Gasteiger partial charge in [0.05, 0.1) is 6.04 Å². The molecule has 2 rings (SSSR count). The first-order valence-corrected chi connectivity index (χ1v) is 7.66. The van der Waals surface area contributed by atoms with Crippen LogP contribution in [0, 0.1) is 11.6 Å². The van der Waals surface area contributed by atoms with Gasteiger partial charge in [0.15, 0.2) is 11.6 Å². The highest BCUT2D eigenvalue weighted by molar-refractivity contribution is 5.92. The second-order valence-corrected chi connectivity index (χ2v) is 5.54. The van der Waals surface area contributed by atoms with Crippen LogP contribution >= 0.6 is 0 Å². The minimum Gasteiger partial charge on any atom is -0.346 e. The summed E-state index contributed by atoms with van der Waals surface area (Å²) in [5, 5.41) is 5.33. The third kappa shape index (κ3) is 5.53. The molecule has 4 nitrogen and oxygen atoms in total. The van der Waals surface area contributed by atoms with Crippen molar-refractivity contribution in [3.8, 4) is 0 Å². The van der Waals surface area contributed by atoms with Crippen LogP contribution in [0.1, 0.15) is 31.0 Å². The fraction of sp³-hybridized carbons (Fsp3) is 0.158. The molecule has 2 aromatic rings. The smallest absolute Gasteiger partial charge is 0.244 e. The Morgan fingerprint density at radius 3 is 2.32 bits per heavy atom. The topological polar surface area (TPSA) is 58.2 Å². The van der Waals surface area contributed by atoms with Gasteiger partial charge in [-0.25, -0.2) is 8.78 Å². The molecular weight excluding hydrogens is 326 g/mol. The largest absolute Gasteiger partial charge is 0.346 e. The maximum atomic E-state index is 13.2. The highest BCUT2D eigenvalue weighted by atomic mass is 19.2. The molecule has 130 valence electrons. The van der Waals surface area contributed by atoms with E-state index < -0.39 is 17.7 Å². The maximum Gasteiger partial charge on any atom is 0.244 e. The molecule has 0 bridgehead atoms. The quantitative estimate of drug-likeness (QED) is 0.810. The van der Waals surface area contributed by atoms with E-state index in [9.17, 15) is 18.4 Å². The molecule has 0 radical (unpaired) electrons. The molecule has 0 fully saturated rings. The Kier molecular flexibility index (Phi) is 6.00. The van der Waals surface area contributed by atoms with Gasteiger partial charge in [0.25, 0.3) is 0 Å². The number of hydrogen-bond acceptors (Lipinski definition) is 2. The molecule has 1 atom stereocenters. The summed E-state index contributed by atoms with van der Waals surface area (Å²) in [5.74, 6) is -2.39. The second-order valence-electron chi connectivity index (χ2n) is 5.54. The number of hydrogen-bond donors (Lipinski definition) is 2. The standard InChI is InChI=1S/C19H18F2N2O2/c1-12(15-6-9-17(20)18(21)11-15)22-19(25)10-5-14-3-7-16(8-4-14)23-13(2)24/h3-12H,1-2H3,(H,22,25)(H,23,24)/b10-5+. The van der Waals surface area contributed by atoms with Gasteiger partial charge in [-0.05, 0) is 48.4 Å². The molecule has 25 heavy (non-hydrogen) atoms. The van der Waals surface area contributed by atoms with Crippen molar-refractivity contribution in [2.75, 3.05) is 5.32 Å². The lowest BCUT2D eigenvalue weighted by Gasteiger charge is -2.13. The minimum atomic E-state index is -0.951. The number of benzene rings is 2. The van der Waals surface area contributed by atoms with Gasteiger partial charge in [0, 0.05) is 18.7 Å². The minimum absolute atomic E-state index is 0.158. The monoisotopic (exact) mass is 344 g/mol. The zero-order valence-electron chi connectivity index (χ0n) is 13.8. The van der Waals surface area contributed by atoms with Crippen LogP contribution in [0.2, 0.25) is 0 Å². The highest BCUT2D eigenvalue weighted by Crippen LogP contribution is 2.16. The van der Waals surface area contributed by atoms with Gasteiger partial charge in [0.1, 0.15) is 0 Å². The lowest BCUT2D eigenvalue weighted by Crippen LogP contribution is -2.24. The molecule has 0 aromatic heterocycles. The van der Waals surface area contributed by atoms with Gasteiger partial charge >= 0.3 is 0 Å². The summed E-state index contributed by atoms with van der Waals surface area (Å²) in [6.45, 7) is 3.10. The molecule has 1 unspecified atom stereocenters. The van der Waals surface area contributed by atoms with Crippen molar-refractivity contribution in [1.29, 1.82) is 0 Å². The van der Waals surface area contributed by atoms with Gasteiger partial charge in [-0.15, -0.1) is 0 Å². The Morgan fingerprint density at radius 1 is 1.04 bits per heavy atom. The molecule has 0 spiro atoms. The molecule has 0 saturated heterocycles. The number of amides is 2. The normalized spacial score (nSPS) is 12.0. The molecule has 0 aliphatic carbocycles. The van der Waals surface area contributed by atoms with Crippen LogP contribution in [-0.2, 0) is 9.59 Å². The zero-order chi connectivity index (χ0) is 18.4. The van der Waals surface area contributed by atoms with E-state index in [1.54, 1.807) is 37.3 Å². The predicted molar refractivity (Wildman–Crippen MR) is 92.7 cm³/mol. The molecule has 0 saturated carbocycles. The first-order valence-electron chi connectivity index (χ1n) is 7.66. The van der Waals surface area contributed by atoms with Crippen LogP contribution in [0.5, 0.6) is 0 Å². The van der Waals surface area contributed by atoms with E-state index in [0.717, 1.165) is 17.7 Å². The van der Waals surface area contributed by atoms with Gasteiger partial charge in [-0.3, -0.25) is 9.59 Å². The second kappa shape index (κ2) is 8.19. The lowest BCUT2D eigenvalue weighted by atomic mass is 10.1. The third-order valence-electron chi connectivity index (χ3n) is 3.46. The number of carbonyl (C=O) groups excluding carboxylic acids is 2. The van der Waals surface area contributed by atoms with E-state index in [2.05, 4.69) is 10.6 Å². The van der Waals surface area contributed by atoms with Crippen LogP contribution < -0.4 is 10.6 Å². The van der Waals surface area contributed by atoms with Gasteiger partial charge in [-0.1, -0.05) is 18.2 Å². The first kappa shape index (κ1) is 18.3. The molecule has 0 aliphatic rings. The Hall–Kier alpha value is -3.02. The molecule has 2 amide bonds. The van der Waals surface area contributed by atoms with Crippen molar-refractivity contribution < 1.29 is 18.4 Å². The van der Waals surface area contributed by atoms with Crippen molar-refractivity contribution in [3.63, 3.8) is 0 Å². The average molecular weight is 344 g/mol. The van der Waals surface area contributed by atoms with E-state index in [-0.39, 0.29) is 11.8 Å². The number of anilines is 1. The van der Waals surface area contributed by atoms with E-state index >= 15 is 0 Å². The van der Waals surface area contributed by atoms with E-state index in [4.69, 9.17) is 0 Å². The third-order valence-corrected chi connectivity index (χ3v) is 3.46. The Bertz CT molecular complexity index is 802. The van der Waals surface area contributed by atoms with Crippen LogP contribution in [0.15, 0.2) is 48.5 Å². The van der Waals surface area contributed by atoms with Crippen molar-refractivity contribution in [1.82, 2.24) is 5.32 Å². The van der Waals surface area contributed by atoms with Crippen LogP contribution in [-0.4, -0.2) is 11.8 Å². The lowest BCUT2D eigenvalue weighted by molar-refractivity contribution is -0.117. The predicted octanol–water partition coefficient (Wildman–Crippen LogP) is 3.81. The Balaban J connectivity index is 1.95. The van der Waals surface area contributed by atoms with E-state index in [1.165, 1.54) is 19.1 Å². The molecule has 0 heterocycles. The Morgan fingerprint density at radius 2 is 1.72 bits per heavy atom. The zero-order valence-corrected chi connectivity index (χ0v) is 13.8. The number of halogens is 2. The van der Waals surface area contributed by atoms with Crippen molar-refractivity contribution in [2.24, 2.45) is 0 Å². The number of carbonyl (C=O) groups is 2. The Labute approximate surface area is 144 Å². The molecule has 0 aliphatic heterocycles. The van der Waals surface area contributed by atoms with E-state index in [1.807, 2.05) is 0 Å². The SMILES string of the molecule is CC(=O)Nc1ccc(/C=C/C(=O)NC(C)c2ccc(F)c(F)c2)cc1. The molecule has 2 aromatic carbocycles. The molecule has 2 N–H and O–H groups in total.